The van der Waals surface area contributed by atoms with E-state index in [-0.39, 0.29) is 12.2 Å². The second kappa shape index (κ2) is 6.61. The first-order chi connectivity index (χ1) is 8.00. The number of Topliss-reactive ketones (excluding diaryl/α,β-unsaturated/α-hetero) is 1. The van der Waals surface area contributed by atoms with Crippen LogP contribution in [0.4, 0.5) is 4.79 Å². The Balaban J connectivity index is 2.35. The molecule has 1 atom stereocenters. The first kappa shape index (κ1) is 14.0. The Morgan fingerprint density at radius 2 is 2.29 bits per heavy atom. The topological polar surface area (TPSA) is 46.6 Å². The van der Waals surface area contributed by atoms with E-state index in [1.54, 1.807) is 20.0 Å². The first-order valence-electron chi connectivity index (χ1n) is 5.13. The highest BCUT2D eigenvalue weighted by atomic mass is 35.5. The number of hydrogen-bond donors (Lipinski definition) is 0. The highest BCUT2D eigenvalue weighted by Crippen LogP contribution is 2.11. The fourth-order valence-electron chi connectivity index (χ4n) is 1.15. The van der Waals surface area contributed by atoms with Crippen molar-refractivity contribution in [2.75, 3.05) is 13.6 Å². The molecule has 0 radical (unpaired) electrons. The zero-order valence-electron chi connectivity index (χ0n) is 9.68. The fourth-order valence-corrected chi connectivity index (χ4v) is 1.92. The van der Waals surface area contributed by atoms with Gasteiger partial charge in [0.15, 0.2) is 11.3 Å². The third-order valence-electron chi connectivity index (χ3n) is 2.05. The van der Waals surface area contributed by atoms with Gasteiger partial charge in [-0.3, -0.25) is 4.79 Å². The second-order valence-electron chi connectivity index (χ2n) is 3.50. The molecule has 1 aromatic rings. The number of hydrogen-bond acceptors (Lipinski definition) is 4. The standard InChI is InChI=1S/C11H14ClNO3S/c1-8(12)16-11(15)13(2)6-5-9(14)10-4-3-7-17-10/h3-4,7-8H,5-6H2,1-2H3. The van der Waals surface area contributed by atoms with Crippen molar-refractivity contribution in [1.29, 1.82) is 0 Å². The van der Waals surface area contributed by atoms with E-state index >= 15 is 0 Å². The van der Waals surface area contributed by atoms with Crippen molar-refractivity contribution in [1.82, 2.24) is 4.90 Å². The highest BCUT2D eigenvalue weighted by Gasteiger charge is 2.14. The summed E-state index contributed by atoms with van der Waals surface area (Å²) in [6.45, 7) is 1.88. The van der Waals surface area contributed by atoms with Gasteiger partial charge in [-0.25, -0.2) is 4.79 Å². The maximum absolute atomic E-state index is 11.7. The van der Waals surface area contributed by atoms with Gasteiger partial charge in [0.1, 0.15) is 0 Å². The Hall–Kier alpha value is -1.07. The van der Waals surface area contributed by atoms with Crippen LogP contribution in [0.5, 0.6) is 0 Å². The van der Waals surface area contributed by atoms with Crippen molar-refractivity contribution in [3.8, 4) is 0 Å². The van der Waals surface area contributed by atoms with Crippen LogP contribution in [-0.4, -0.2) is 35.9 Å². The van der Waals surface area contributed by atoms with Crippen LogP contribution in [0, 0.1) is 0 Å². The molecule has 0 aliphatic carbocycles. The quantitative estimate of drug-likeness (QED) is 0.613. The SMILES string of the molecule is CC(Cl)OC(=O)N(C)CCC(=O)c1cccs1. The number of carbonyl (C=O) groups is 2. The molecule has 94 valence electrons. The Bertz CT molecular complexity index is 378. The highest BCUT2D eigenvalue weighted by molar-refractivity contribution is 7.12. The minimum Gasteiger partial charge on any atom is -0.430 e. The molecule has 0 bridgehead atoms. The zero-order valence-corrected chi connectivity index (χ0v) is 11.3. The Kier molecular flexibility index (Phi) is 5.44. The number of ether oxygens (including phenoxy) is 1. The van der Waals surface area contributed by atoms with Gasteiger partial charge in [-0.2, -0.15) is 0 Å². The number of nitrogens with zero attached hydrogens (tertiary/aromatic N) is 1. The number of alkyl halides is 1. The summed E-state index contributed by atoms with van der Waals surface area (Å²) in [4.78, 5) is 25.1. The van der Waals surface area contributed by atoms with Gasteiger partial charge in [0.25, 0.3) is 0 Å². The fraction of sp³-hybridized carbons (Fsp3) is 0.455. The second-order valence-corrected chi connectivity index (χ2v) is 5.06. The summed E-state index contributed by atoms with van der Waals surface area (Å²) in [5.74, 6) is 0.0265. The molecule has 1 amide bonds. The van der Waals surface area contributed by atoms with Gasteiger partial charge in [0.2, 0.25) is 0 Å². The van der Waals surface area contributed by atoms with E-state index in [1.165, 1.54) is 16.2 Å². The van der Waals surface area contributed by atoms with Gasteiger partial charge < -0.3 is 9.64 Å². The number of ketones is 1. The zero-order chi connectivity index (χ0) is 12.8. The summed E-state index contributed by atoms with van der Waals surface area (Å²) in [6, 6.07) is 3.59. The lowest BCUT2D eigenvalue weighted by molar-refractivity contribution is 0.0928. The lowest BCUT2D eigenvalue weighted by Crippen LogP contribution is -2.30. The van der Waals surface area contributed by atoms with E-state index in [4.69, 9.17) is 16.3 Å². The summed E-state index contributed by atoms with van der Waals surface area (Å²) in [5.41, 5.74) is -0.669. The van der Waals surface area contributed by atoms with Crippen LogP contribution in [0.15, 0.2) is 17.5 Å². The van der Waals surface area contributed by atoms with Gasteiger partial charge in [0.05, 0.1) is 4.88 Å². The Morgan fingerprint density at radius 1 is 1.59 bits per heavy atom. The van der Waals surface area contributed by atoms with E-state index in [9.17, 15) is 9.59 Å². The minimum atomic E-state index is -0.669. The summed E-state index contributed by atoms with van der Waals surface area (Å²) < 4.78 is 4.78. The van der Waals surface area contributed by atoms with E-state index < -0.39 is 11.7 Å². The Labute approximate surface area is 109 Å². The first-order valence-corrected chi connectivity index (χ1v) is 6.45. The van der Waals surface area contributed by atoms with Crippen molar-refractivity contribution in [3.05, 3.63) is 22.4 Å². The normalized spacial score (nSPS) is 11.9. The van der Waals surface area contributed by atoms with Crippen molar-refractivity contribution < 1.29 is 14.3 Å². The molecule has 0 saturated heterocycles. The van der Waals surface area contributed by atoms with E-state index in [1.807, 2.05) is 11.4 Å². The van der Waals surface area contributed by atoms with E-state index in [2.05, 4.69) is 0 Å². The average Bonchev–Trinajstić information content (AvgIpc) is 2.77. The van der Waals surface area contributed by atoms with Crippen LogP contribution < -0.4 is 0 Å². The molecule has 0 saturated carbocycles. The van der Waals surface area contributed by atoms with Crippen LogP contribution in [0.1, 0.15) is 23.0 Å². The van der Waals surface area contributed by atoms with Crippen molar-refractivity contribution in [2.45, 2.75) is 18.9 Å². The molecule has 0 aliphatic rings. The van der Waals surface area contributed by atoms with E-state index in [0.29, 0.717) is 11.4 Å². The van der Waals surface area contributed by atoms with Gasteiger partial charge in [0, 0.05) is 20.0 Å². The molecular formula is C11H14ClNO3S. The van der Waals surface area contributed by atoms with Gasteiger partial charge in [-0.05, 0) is 18.4 Å². The van der Waals surface area contributed by atoms with Gasteiger partial charge >= 0.3 is 6.09 Å². The molecule has 0 fully saturated rings. The van der Waals surface area contributed by atoms with Crippen LogP contribution in [-0.2, 0) is 4.74 Å². The summed E-state index contributed by atoms with van der Waals surface area (Å²) >= 11 is 6.92. The Morgan fingerprint density at radius 3 is 2.82 bits per heavy atom. The number of amides is 1. The molecule has 17 heavy (non-hydrogen) atoms. The predicted molar refractivity (Wildman–Crippen MR) is 67.7 cm³/mol. The maximum Gasteiger partial charge on any atom is 0.410 e. The van der Waals surface area contributed by atoms with Crippen molar-refractivity contribution in [2.24, 2.45) is 0 Å². The predicted octanol–water partition coefficient (Wildman–Crippen LogP) is 2.97. The van der Waals surface area contributed by atoms with E-state index in [0.717, 1.165) is 0 Å². The molecule has 6 heteroatoms. The van der Waals surface area contributed by atoms with Crippen LogP contribution in [0.3, 0.4) is 0 Å². The number of carbonyl (C=O) groups excluding carboxylic acids is 2. The molecule has 0 aliphatic heterocycles. The molecule has 4 nitrogen and oxygen atoms in total. The summed E-state index contributed by atoms with van der Waals surface area (Å²) in [5, 5.41) is 1.85. The number of rotatable bonds is 5. The van der Waals surface area contributed by atoms with Gasteiger partial charge in [-0.15, -0.1) is 11.3 Å². The minimum absolute atomic E-state index is 0.0265. The molecule has 1 heterocycles. The molecule has 1 unspecified atom stereocenters. The molecule has 0 aromatic carbocycles. The number of thiophene rings is 1. The molecule has 1 rings (SSSR count). The third kappa shape index (κ3) is 4.75. The molecule has 0 N–H and O–H groups in total. The lowest BCUT2D eigenvalue weighted by Gasteiger charge is -2.17. The molecule has 0 spiro atoms. The monoisotopic (exact) mass is 275 g/mol. The lowest BCUT2D eigenvalue weighted by atomic mass is 10.2. The third-order valence-corrected chi connectivity index (χ3v) is 3.05. The summed E-state index contributed by atoms with van der Waals surface area (Å²) in [6.07, 6.45) is -0.241. The van der Waals surface area contributed by atoms with Crippen molar-refractivity contribution in [3.63, 3.8) is 0 Å². The summed E-state index contributed by atoms with van der Waals surface area (Å²) in [7, 11) is 1.57. The maximum atomic E-state index is 11.7. The smallest absolute Gasteiger partial charge is 0.410 e. The largest absolute Gasteiger partial charge is 0.430 e. The molecule has 1 aromatic heterocycles. The molecular weight excluding hydrogens is 262 g/mol. The average molecular weight is 276 g/mol. The van der Waals surface area contributed by atoms with Gasteiger partial charge in [-0.1, -0.05) is 17.7 Å². The van der Waals surface area contributed by atoms with Crippen LogP contribution in [0.2, 0.25) is 0 Å². The van der Waals surface area contributed by atoms with Crippen LogP contribution in [0.25, 0.3) is 0 Å². The van der Waals surface area contributed by atoms with Crippen molar-refractivity contribution >= 4 is 34.8 Å². The number of halogens is 1. The van der Waals surface area contributed by atoms with Crippen LogP contribution >= 0.6 is 22.9 Å².